The van der Waals surface area contributed by atoms with Gasteiger partial charge in [-0.1, -0.05) is 0 Å². The second kappa shape index (κ2) is 7.01. The highest BCUT2D eigenvalue weighted by Gasteiger charge is 2.34. The van der Waals surface area contributed by atoms with Gasteiger partial charge < -0.3 is 19.4 Å². The quantitative estimate of drug-likeness (QED) is 0.842. The summed E-state index contributed by atoms with van der Waals surface area (Å²) in [6.07, 6.45) is 1.43. The molecule has 3 heterocycles. The number of nitrogens with zero attached hydrogens (tertiary/aromatic N) is 2. The number of carbonyl (C=O) groups excluding carboxylic acids is 2. The Kier molecular flexibility index (Phi) is 4.82. The Bertz CT molecular complexity index is 540. The molecule has 0 bridgehead atoms. The van der Waals surface area contributed by atoms with Gasteiger partial charge in [-0.2, -0.15) is 0 Å². The lowest BCUT2D eigenvalue weighted by Crippen LogP contribution is -2.65. The van der Waals surface area contributed by atoms with Gasteiger partial charge in [-0.15, -0.1) is 0 Å². The number of ether oxygens (including phenoxy) is 1. The van der Waals surface area contributed by atoms with Crippen molar-refractivity contribution in [1.29, 1.82) is 0 Å². The van der Waals surface area contributed by atoms with E-state index in [0.29, 0.717) is 39.2 Å². The molecule has 2 aliphatic heterocycles. The van der Waals surface area contributed by atoms with Crippen molar-refractivity contribution in [2.75, 3.05) is 32.8 Å². The summed E-state index contributed by atoms with van der Waals surface area (Å²) in [5.41, 5.74) is 0. The summed E-state index contributed by atoms with van der Waals surface area (Å²) in [7, 11) is 0. The Morgan fingerprint density at radius 2 is 2.17 bits per heavy atom. The van der Waals surface area contributed by atoms with Crippen molar-refractivity contribution in [3.05, 3.63) is 24.2 Å². The summed E-state index contributed by atoms with van der Waals surface area (Å²) >= 11 is 0. The van der Waals surface area contributed by atoms with E-state index >= 15 is 0 Å². The van der Waals surface area contributed by atoms with Crippen LogP contribution in [0.25, 0.3) is 0 Å². The third-order valence-electron chi connectivity index (χ3n) is 4.14. The van der Waals surface area contributed by atoms with E-state index in [1.165, 1.54) is 0 Å². The van der Waals surface area contributed by atoms with E-state index < -0.39 is 0 Å². The van der Waals surface area contributed by atoms with Crippen LogP contribution in [0.1, 0.15) is 25.1 Å². The first-order valence-corrected chi connectivity index (χ1v) is 7.92. The van der Waals surface area contributed by atoms with Crippen molar-refractivity contribution in [1.82, 2.24) is 20.4 Å². The van der Waals surface area contributed by atoms with E-state index in [4.69, 9.17) is 9.15 Å². The fourth-order valence-electron chi connectivity index (χ4n) is 2.93. The number of nitrogens with one attached hydrogen (secondary N) is 2. The number of piperazine rings is 1. The molecule has 2 atom stereocenters. The molecule has 0 spiro atoms. The second-order valence-electron chi connectivity index (χ2n) is 5.63. The highest BCUT2D eigenvalue weighted by Crippen LogP contribution is 2.21. The van der Waals surface area contributed by atoms with Crippen LogP contribution in [0, 0.1) is 0 Å². The van der Waals surface area contributed by atoms with Crippen molar-refractivity contribution in [3.8, 4) is 0 Å². The Morgan fingerprint density at radius 3 is 2.83 bits per heavy atom. The third-order valence-corrected chi connectivity index (χ3v) is 4.14. The van der Waals surface area contributed by atoms with Gasteiger partial charge in [0.15, 0.2) is 0 Å². The molecular formula is C15H22N4O4. The van der Waals surface area contributed by atoms with Gasteiger partial charge >= 0.3 is 6.09 Å². The maximum atomic E-state index is 12.0. The van der Waals surface area contributed by atoms with Crippen LogP contribution >= 0.6 is 0 Å². The summed E-state index contributed by atoms with van der Waals surface area (Å²) in [6, 6.07) is 3.55. The molecule has 2 fully saturated rings. The zero-order chi connectivity index (χ0) is 16.2. The Morgan fingerprint density at radius 1 is 1.39 bits per heavy atom. The van der Waals surface area contributed by atoms with Crippen LogP contribution < -0.4 is 10.6 Å². The predicted octanol–water partition coefficient (Wildman–Crippen LogP) is 0.488. The molecule has 0 radical (unpaired) electrons. The minimum Gasteiger partial charge on any atom is -0.468 e. The van der Waals surface area contributed by atoms with Crippen LogP contribution in [0.3, 0.4) is 0 Å². The summed E-state index contributed by atoms with van der Waals surface area (Å²) in [5, 5.41) is 6.34. The molecule has 126 valence electrons. The van der Waals surface area contributed by atoms with Crippen LogP contribution in [-0.2, 0) is 9.53 Å². The van der Waals surface area contributed by atoms with E-state index in [-0.39, 0.29) is 24.3 Å². The SMILES string of the molecule is CCOC(=O)N1CCN(C2NC(=O)CC(c3ccco3)N2)CC1. The highest BCUT2D eigenvalue weighted by molar-refractivity contribution is 5.77. The molecule has 1 aromatic heterocycles. The first kappa shape index (κ1) is 15.8. The van der Waals surface area contributed by atoms with Gasteiger partial charge in [0, 0.05) is 32.6 Å². The van der Waals surface area contributed by atoms with E-state index in [0.717, 1.165) is 5.76 Å². The molecule has 2 amide bonds. The Hall–Kier alpha value is -2.06. The number of carbonyl (C=O) groups is 2. The highest BCUT2D eigenvalue weighted by atomic mass is 16.6. The van der Waals surface area contributed by atoms with E-state index in [9.17, 15) is 9.59 Å². The number of hydrogen-bond acceptors (Lipinski definition) is 6. The number of hydrogen-bond donors (Lipinski definition) is 2. The molecule has 8 heteroatoms. The molecular weight excluding hydrogens is 300 g/mol. The average Bonchev–Trinajstić information content (AvgIpc) is 3.09. The van der Waals surface area contributed by atoms with Gasteiger partial charge in [-0.25, -0.2) is 4.79 Å². The van der Waals surface area contributed by atoms with Crippen LogP contribution in [0.15, 0.2) is 22.8 Å². The molecule has 23 heavy (non-hydrogen) atoms. The molecule has 2 saturated heterocycles. The number of amides is 2. The normalized spacial score (nSPS) is 26.0. The fourth-order valence-corrected chi connectivity index (χ4v) is 2.93. The van der Waals surface area contributed by atoms with Crippen LogP contribution in [0.4, 0.5) is 4.79 Å². The molecule has 8 nitrogen and oxygen atoms in total. The van der Waals surface area contributed by atoms with Crippen molar-refractivity contribution >= 4 is 12.0 Å². The standard InChI is InChI=1S/C15H22N4O4/c1-2-22-15(21)19-7-5-18(6-8-19)14-16-11(10-13(20)17-14)12-4-3-9-23-12/h3-4,9,11,14,16H,2,5-8,10H2,1H3,(H,17,20). The lowest BCUT2D eigenvalue weighted by Gasteiger charge is -2.42. The molecule has 0 saturated carbocycles. The van der Waals surface area contributed by atoms with E-state index in [1.807, 2.05) is 12.1 Å². The van der Waals surface area contributed by atoms with E-state index in [2.05, 4.69) is 15.5 Å². The van der Waals surface area contributed by atoms with Crippen molar-refractivity contribution in [2.45, 2.75) is 25.7 Å². The van der Waals surface area contributed by atoms with Crippen LogP contribution in [0.2, 0.25) is 0 Å². The van der Waals surface area contributed by atoms with Gasteiger partial charge in [0.05, 0.1) is 18.9 Å². The van der Waals surface area contributed by atoms with Gasteiger partial charge in [-0.3, -0.25) is 15.0 Å². The zero-order valence-electron chi connectivity index (χ0n) is 13.2. The predicted molar refractivity (Wildman–Crippen MR) is 81.3 cm³/mol. The summed E-state index contributed by atoms with van der Waals surface area (Å²) in [5.74, 6) is 0.748. The fraction of sp³-hybridized carbons (Fsp3) is 0.600. The maximum absolute atomic E-state index is 12.0. The Balaban J connectivity index is 1.57. The van der Waals surface area contributed by atoms with Gasteiger partial charge in [-0.05, 0) is 19.1 Å². The summed E-state index contributed by atoms with van der Waals surface area (Å²) in [6.45, 7) is 4.67. The smallest absolute Gasteiger partial charge is 0.409 e. The van der Waals surface area contributed by atoms with Gasteiger partial charge in [0.25, 0.3) is 0 Å². The van der Waals surface area contributed by atoms with Crippen LogP contribution in [0.5, 0.6) is 0 Å². The first-order chi connectivity index (χ1) is 11.2. The molecule has 2 aliphatic rings. The topological polar surface area (TPSA) is 87.1 Å². The molecule has 0 aromatic carbocycles. The van der Waals surface area contributed by atoms with Gasteiger partial charge in [0.1, 0.15) is 12.0 Å². The lowest BCUT2D eigenvalue weighted by atomic mass is 10.1. The maximum Gasteiger partial charge on any atom is 0.409 e. The zero-order valence-corrected chi connectivity index (χ0v) is 13.2. The monoisotopic (exact) mass is 322 g/mol. The average molecular weight is 322 g/mol. The minimum absolute atomic E-state index is 0.0111. The molecule has 2 unspecified atom stereocenters. The Labute approximate surface area is 134 Å². The molecule has 3 rings (SSSR count). The summed E-state index contributed by atoms with van der Waals surface area (Å²) < 4.78 is 10.4. The van der Waals surface area contributed by atoms with Crippen molar-refractivity contribution < 1.29 is 18.7 Å². The van der Waals surface area contributed by atoms with Crippen LogP contribution in [-0.4, -0.2) is 60.9 Å². The molecule has 0 aliphatic carbocycles. The van der Waals surface area contributed by atoms with E-state index in [1.54, 1.807) is 18.1 Å². The lowest BCUT2D eigenvalue weighted by molar-refractivity contribution is -0.127. The minimum atomic E-state index is -0.277. The first-order valence-electron chi connectivity index (χ1n) is 7.92. The van der Waals surface area contributed by atoms with Crippen molar-refractivity contribution in [3.63, 3.8) is 0 Å². The molecule has 1 aromatic rings. The third kappa shape index (κ3) is 3.65. The number of furan rings is 1. The summed E-state index contributed by atoms with van der Waals surface area (Å²) in [4.78, 5) is 27.5. The van der Waals surface area contributed by atoms with Gasteiger partial charge in [0.2, 0.25) is 5.91 Å². The largest absolute Gasteiger partial charge is 0.468 e. The number of rotatable bonds is 3. The van der Waals surface area contributed by atoms with Crippen molar-refractivity contribution in [2.24, 2.45) is 0 Å². The molecule has 2 N–H and O–H groups in total. The second-order valence-corrected chi connectivity index (χ2v) is 5.63.